The molecular formula is C11H14F2N2O4. The summed E-state index contributed by atoms with van der Waals surface area (Å²) in [5, 5.41) is 28.7. The normalized spacial score (nSPS) is 10.8. The fraction of sp³-hybridized carbons (Fsp3) is 0.455. The highest BCUT2D eigenvalue weighted by molar-refractivity contribution is 5.64. The summed E-state index contributed by atoms with van der Waals surface area (Å²) in [5.41, 5.74) is -0.0614. The van der Waals surface area contributed by atoms with Crippen LogP contribution in [0, 0.1) is 10.1 Å². The zero-order chi connectivity index (χ0) is 14.4. The monoisotopic (exact) mass is 276 g/mol. The Labute approximate surface area is 108 Å². The molecule has 0 aliphatic heterocycles. The number of nitro benzene ring substituents is 1. The quantitative estimate of drug-likeness (QED) is 0.576. The van der Waals surface area contributed by atoms with Crippen molar-refractivity contribution in [1.82, 2.24) is 0 Å². The topological polar surface area (TPSA) is 86.8 Å². The molecule has 2 N–H and O–H groups in total. The van der Waals surface area contributed by atoms with Crippen molar-refractivity contribution in [3.8, 4) is 0 Å². The van der Waals surface area contributed by atoms with E-state index in [4.69, 9.17) is 10.2 Å². The van der Waals surface area contributed by atoms with Gasteiger partial charge in [0.15, 0.2) is 0 Å². The van der Waals surface area contributed by atoms with E-state index in [-0.39, 0.29) is 24.5 Å². The lowest BCUT2D eigenvalue weighted by molar-refractivity contribution is -0.384. The summed E-state index contributed by atoms with van der Waals surface area (Å²) in [4.78, 5) is 11.3. The zero-order valence-corrected chi connectivity index (χ0v) is 10.00. The lowest BCUT2D eigenvalue weighted by Crippen LogP contribution is -2.32. The van der Waals surface area contributed by atoms with Gasteiger partial charge in [-0.2, -0.15) is 0 Å². The molecule has 0 heterocycles. The molecule has 1 aromatic carbocycles. The summed E-state index contributed by atoms with van der Waals surface area (Å²) in [6.07, 6.45) is -2.68. The van der Waals surface area contributed by atoms with E-state index in [0.29, 0.717) is 5.56 Å². The molecule has 0 bridgehead atoms. The molecule has 0 fully saturated rings. The minimum atomic E-state index is -2.68. The molecule has 6 nitrogen and oxygen atoms in total. The second-order valence-electron chi connectivity index (χ2n) is 3.80. The number of anilines is 1. The Kier molecular flexibility index (Phi) is 5.58. The molecule has 0 unspecified atom stereocenters. The van der Waals surface area contributed by atoms with E-state index >= 15 is 0 Å². The number of rotatable bonds is 7. The number of hydrogen-bond donors (Lipinski definition) is 2. The summed E-state index contributed by atoms with van der Waals surface area (Å²) in [6.45, 7) is -1.62. The van der Waals surface area contributed by atoms with Gasteiger partial charge in [0.05, 0.1) is 24.7 Å². The van der Waals surface area contributed by atoms with E-state index in [1.807, 2.05) is 0 Å². The number of aliphatic hydroxyl groups is 2. The van der Waals surface area contributed by atoms with Gasteiger partial charge in [0.2, 0.25) is 0 Å². The van der Waals surface area contributed by atoms with Gasteiger partial charge in [-0.1, -0.05) is 6.07 Å². The summed E-state index contributed by atoms with van der Waals surface area (Å²) in [6, 6.07) is 3.84. The zero-order valence-electron chi connectivity index (χ0n) is 10.00. The van der Waals surface area contributed by atoms with Gasteiger partial charge in [-0.15, -0.1) is 0 Å². The number of halogens is 2. The first kappa shape index (κ1) is 15.3. The van der Waals surface area contributed by atoms with Crippen molar-refractivity contribution in [2.75, 3.05) is 24.6 Å². The van der Waals surface area contributed by atoms with Gasteiger partial charge in [0.25, 0.3) is 12.1 Å². The van der Waals surface area contributed by atoms with Crippen LogP contribution in [0.1, 0.15) is 5.56 Å². The predicted molar refractivity (Wildman–Crippen MR) is 64.3 cm³/mol. The van der Waals surface area contributed by atoms with Crippen molar-refractivity contribution in [3.05, 3.63) is 33.9 Å². The molecule has 0 aromatic heterocycles. The molecule has 0 atom stereocenters. The van der Waals surface area contributed by atoms with Gasteiger partial charge in [0.1, 0.15) is 5.69 Å². The Bertz CT molecular complexity index is 443. The molecule has 0 aliphatic rings. The summed E-state index contributed by atoms with van der Waals surface area (Å²) in [7, 11) is 0. The predicted octanol–water partition coefficient (Wildman–Crippen LogP) is 1.15. The second kappa shape index (κ2) is 6.95. The third-order valence-corrected chi connectivity index (χ3v) is 2.49. The lowest BCUT2D eigenvalue weighted by Gasteiger charge is -2.23. The first-order valence-electron chi connectivity index (χ1n) is 5.51. The fourth-order valence-electron chi connectivity index (χ4n) is 1.68. The van der Waals surface area contributed by atoms with E-state index in [2.05, 4.69) is 0 Å². The van der Waals surface area contributed by atoms with Crippen molar-refractivity contribution < 1.29 is 23.9 Å². The smallest absolute Gasteiger partial charge is 0.292 e. The SMILES string of the molecule is O=[N+]([O-])c1cc(CO)ccc1N(CCO)CC(F)F. The van der Waals surface area contributed by atoms with Gasteiger partial charge in [-0.3, -0.25) is 10.1 Å². The largest absolute Gasteiger partial charge is 0.395 e. The molecule has 1 aromatic rings. The Morgan fingerprint density at radius 2 is 2.05 bits per heavy atom. The number of benzene rings is 1. The van der Waals surface area contributed by atoms with E-state index in [9.17, 15) is 18.9 Å². The van der Waals surface area contributed by atoms with Gasteiger partial charge in [-0.05, 0) is 11.6 Å². The van der Waals surface area contributed by atoms with E-state index in [1.165, 1.54) is 12.1 Å². The van der Waals surface area contributed by atoms with Crippen LogP contribution in [0.5, 0.6) is 0 Å². The van der Waals surface area contributed by atoms with Crippen LogP contribution in [0.4, 0.5) is 20.2 Å². The molecule has 0 spiro atoms. The number of hydrogen-bond acceptors (Lipinski definition) is 5. The molecular weight excluding hydrogens is 262 g/mol. The van der Waals surface area contributed by atoms with Crippen LogP contribution in [0.3, 0.4) is 0 Å². The van der Waals surface area contributed by atoms with Gasteiger partial charge in [-0.25, -0.2) is 8.78 Å². The number of nitrogens with zero attached hydrogens (tertiary/aromatic N) is 2. The molecule has 0 saturated heterocycles. The van der Waals surface area contributed by atoms with E-state index < -0.39 is 24.5 Å². The standard InChI is InChI=1S/C11H14F2N2O4/c12-11(13)6-14(3-4-16)9-2-1-8(7-17)5-10(9)15(18)19/h1-2,5,11,16-17H,3-4,6-7H2. The van der Waals surface area contributed by atoms with Crippen LogP contribution in [-0.2, 0) is 6.61 Å². The Balaban J connectivity index is 3.16. The van der Waals surface area contributed by atoms with Crippen molar-refractivity contribution in [2.24, 2.45) is 0 Å². The average Bonchev–Trinajstić information content (AvgIpc) is 2.37. The van der Waals surface area contributed by atoms with Crippen molar-refractivity contribution in [1.29, 1.82) is 0 Å². The maximum absolute atomic E-state index is 12.4. The summed E-state index contributed by atoms with van der Waals surface area (Å²) in [5.74, 6) is 0. The fourth-order valence-corrected chi connectivity index (χ4v) is 1.68. The minimum absolute atomic E-state index is 0.00319. The lowest BCUT2D eigenvalue weighted by atomic mass is 10.1. The molecule has 1 rings (SSSR count). The van der Waals surface area contributed by atoms with Crippen LogP contribution in [0.2, 0.25) is 0 Å². The van der Waals surface area contributed by atoms with Crippen LogP contribution < -0.4 is 4.90 Å². The van der Waals surface area contributed by atoms with Crippen LogP contribution in [-0.4, -0.2) is 41.3 Å². The van der Waals surface area contributed by atoms with Crippen molar-refractivity contribution >= 4 is 11.4 Å². The first-order valence-corrected chi connectivity index (χ1v) is 5.51. The number of alkyl halides is 2. The average molecular weight is 276 g/mol. The third kappa shape index (κ3) is 4.11. The highest BCUT2D eigenvalue weighted by Crippen LogP contribution is 2.29. The molecule has 0 saturated carbocycles. The molecule has 0 aliphatic carbocycles. The maximum Gasteiger partial charge on any atom is 0.292 e. The van der Waals surface area contributed by atoms with E-state index in [0.717, 1.165) is 11.0 Å². The Hall–Kier alpha value is -1.80. The van der Waals surface area contributed by atoms with E-state index in [1.54, 1.807) is 0 Å². The molecule has 0 amide bonds. The van der Waals surface area contributed by atoms with Crippen LogP contribution in [0.25, 0.3) is 0 Å². The number of nitro groups is 1. The minimum Gasteiger partial charge on any atom is -0.395 e. The van der Waals surface area contributed by atoms with Crippen molar-refractivity contribution in [2.45, 2.75) is 13.0 Å². The highest BCUT2D eigenvalue weighted by atomic mass is 19.3. The van der Waals surface area contributed by atoms with Crippen LogP contribution >= 0.6 is 0 Å². The first-order chi connectivity index (χ1) is 8.99. The summed E-state index contributed by atoms with van der Waals surface area (Å²) >= 11 is 0. The summed E-state index contributed by atoms with van der Waals surface area (Å²) < 4.78 is 24.9. The van der Waals surface area contributed by atoms with Gasteiger partial charge in [0, 0.05) is 12.6 Å². The molecule has 106 valence electrons. The second-order valence-corrected chi connectivity index (χ2v) is 3.80. The Morgan fingerprint density at radius 1 is 1.37 bits per heavy atom. The third-order valence-electron chi connectivity index (χ3n) is 2.49. The highest BCUT2D eigenvalue weighted by Gasteiger charge is 2.22. The van der Waals surface area contributed by atoms with Gasteiger partial charge < -0.3 is 15.1 Å². The van der Waals surface area contributed by atoms with Gasteiger partial charge >= 0.3 is 0 Å². The molecule has 19 heavy (non-hydrogen) atoms. The molecule has 8 heteroatoms. The number of aliphatic hydroxyl groups excluding tert-OH is 2. The Morgan fingerprint density at radius 3 is 2.53 bits per heavy atom. The van der Waals surface area contributed by atoms with Crippen LogP contribution in [0.15, 0.2) is 18.2 Å². The molecule has 0 radical (unpaired) electrons. The maximum atomic E-state index is 12.4. The van der Waals surface area contributed by atoms with Crippen molar-refractivity contribution in [3.63, 3.8) is 0 Å².